The maximum Gasteiger partial charge on any atom is 0.161 e. The number of benzene rings is 6. The lowest BCUT2D eigenvalue weighted by molar-refractivity contribution is 0.259. The lowest BCUT2D eigenvalue weighted by Gasteiger charge is -2.31. The van der Waals surface area contributed by atoms with Gasteiger partial charge >= 0.3 is 0 Å². The van der Waals surface area contributed by atoms with E-state index in [0.29, 0.717) is 13.2 Å². The van der Waals surface area contributed by atoms with Crippen molar-refractivity contribution in [3.05, 3.63) is 161 Å². The summed E-state index contributed by atoms with van der Waals surface area (Å²) in [6, 6.07) is 45.1. The molecule has 0 fully saturated rings. The number of ether oxygens (including phenoxy) is 2. The van der Waals surface area contributed by atoms with Gasteiger partial charge in [-0.2, -0.15) is 0 Å². The van der Waals surface area contributed by atoms with Gasteiger partial charge in [0.05, 0.1) is 24.3 Å². The number of fused-ring (bicyclic) bond motifs is 11. The highest BCUT2D eigenvalue weighted by Gasteiger charge is 2.52. The van der Waals surface area contributed by atoms with Gasteiger partial charge in [-0.25, -0.2) is 0 Å². The van der Waals surface area contributed by atoms with Crippen molar-refractivity contribution in [1.29, 1.82) is 0 Å². The van der Waals surface area contributed by atoms with E-state index >= 15 is 0 Å². The summed E-state index contributed by atoms with van der Waals surface area (Å²) in [4.78, 5) is 4.85. The van der Waals surface area contributed by atoms with E-state index in [4.69, 9.17) is 14.5 Å². The molecule has 3 heteroatoms. The number of aryl methyl sites for hydroxylation is 2. The molecule has 1 heterocycles. The second kappa shape index (κ2) is 14.5. The Balaban J connectivity index is 1.22. The molecule has 9 rings (SSSR count). The molecule has 274 valence electrons. The fraction of sp³-hybridized carbons (Fsp3) is 0.250. The molecule has 0 aliphatic heterocycles. The van der Waals surface area contributed by atoms with Gasteiger partial charge in [0.15, 0.2) is 11.5 Å². The van der Waals surface area contributed by atoms with Crippen LogP contribution in [0.4, 0.5) is 0 Å². The maximum absolute atomic E-state index is 6.67. The van der Waals surface area contributed by atoms with E-state index in [0.717, 1.165) is 61.3 Å². The minimum absolute atomic E-state index is 0.482. The van der Waals surface area contributed by atoms with E-state index in [1.807, 2.05) is 6.20 Å². The predicted octanol–water partition coefficient (Wildman–Crippen LogP) is 13.7. The monoisotopic (exact) mass is 719 g/mol. The van der Waals surface area contributed by atoms with Crippen molar-refractivity contribution in [2.24, 2.45) is 0 Å². The highest BCUT2D eigenvalue weighted by atomic mass is 16.5. The normalized spacial score (nSPS) is 14.8. The zero-order chi connectivity index (χ0) is 37.5. The summed E-state index contributed by atoms with van der Waals surface area (Å²) in [5.74, 6) is 1.71. The number of hydrogen-bond acceptors (Lipinski definition) is 3. The van der Waals surface area contributed by atoms with Gasteiger partial charge in [-0.1, -0.05) is 131 Å². The third-order valence-electron chi connectivity index (χ3n) is 12.0. The molecule has 7 aromatic rings. The minimum atomic E-state index is -0.482. The lowest BCUT2D eigenvalue weighted by Crippen LogP contribution is -2.26. The summed E-state index contributed by atoms with van der Waals surface area (Å²) < 4.78 is 13.2. The van der Waals surface area contributed by atoms with E-state index < -0.39 is 5.41 Å². The predicted molar refractivity (Wildman–Crippen MR) is 228 cm³/mol. The Bertz CT molecular complexity index is 2560. The number of rotatable bonds is 12. The molecular formula is C52H49NO2. The Hall–Kier alpha value is -5.67. The van der Waals surface area contributed by atoms with Crippen LogP contribution in [0.1, 0.15) is 85.8 Å². The van der Waals surface area contributed by atoms with Crippen molar-refractivity contribution < 1.29 is 9.47 Å². The van der Waals surface area contributed by atoms with Crippen LogP contribution in [0, 0.1) is 13.8 Å². The number of pyridine rings is 1. The molecule has 0 amide bonds. The van der Waals surface area contributed by atoms with Crippen molar-refractivity contribution in [3.63, 3.8) is 0 Å². The fourth-order valence-electron chi connectivity index (χ4n) is 9.12. The second-order valence-electron chi connectivity index (χ2n) is 15.5. The number of nitrogens with zero attached hydrogens (tertiary/aromatic N) is 1. The molecule has 0 saturated carbocycles. The van der Waals surface area contributed by atoms with E-state index in [-0.39, 0.29) is 0 Å². The third kappa shape index (κ3) is 5.84. The van der Waals surface area contributed by atoms with E-state index in [1.165, 1.54) is 77.5 Å². The minimum Gasteiger partial charge on any atom is -0.490 e. The Morgan fingerprint density at radius 3 is 1.95 bits per heavy atom. The first kappa shape index (κ1) is 35.1. The van der Waals surface area contributed by atoms with Crippen molar-refractivity contribution in [2.75, 3.05) is 13.2 Å². The average molecular weight is 720 g/mol. The smallest absolute Gasteiger partial charge is 0.161 e. The zero-order valence-corrected chi connectivity index (χ0v) is 32.5. The molecule has 6 aromatic carbocycles. The van der Waals surface area contributed by atoms with Crippen LogP contribution in [0.5, 0.6) is 11.5 Å². The molecule has 0 bridgehead atoms. The molecule has 0 radical (unpaired) electrons. The molecule has 1 unspecified atom stereocenters. The first-order chi connectivity index (χ1) is 27.0. The van der Waals surface area contributed by atoms with Crippen molar-refractivity contribution in [3.8, 4) is 56.1 Å². The molecule has 2 aliphatic carbocycles. The molecule has 2 aliphatic rings. The first-order valence-electron chi connectivity index (χ1n) is 20.3. The van der Waals surface area contributed by atoms with Gasteiger partial charge in [0.1, 0.15) is 0 Å². The van der Waals surface area contributed by atoms with Gasteiger partial charge in [0.2, 0.25) is 0 Å². The van der Waals surface area contributed by atoms with E-state index in [9.17, 15) is 0 Å². The van der Waals surface area contributed by atoms with Crippen LogP contribution >= 0.6 is 0 Å². The number of unbranched alkanes of at least 4 members (excludes halogenated alkanes) is 4. The first-order valence-corrected chi connectivity index (χ1v) is 20.3. The van der Waals surface area contributed by atoms with Gasteiger partial charge in [-0.15, -0.1) is 0 Å². The van der Waals surface area contributed by atoms with Gasteiger partial charge < -0.3 is 9.47 Å². The van der Waals surface area contributed by atoms with Crippen LogP contribution < -0.4 is 9.47 Å². The molecule has 55 heavy (non-hydrogen) atoms. The quantitative estimate of drug-likeness (QED) is 0.118. The Morgan fingerprint density at radius 2 is 1.13 bits per heavy atom. The largest absolute Gasteiger partial charge is 0.490 e. The highest BCUT2D eigenvalue weighted by Crippen LogP contribution is 2.64. The topological polar surface area (TPSA) is 31.4 Å². The summed E-state index contributed by atoms with van der Waals surface area (Å²) in [7, 11) is 0. The van der Waals surface area contributed by atoms with Gasteiger partial charge in [0, 0.05) is 17.1 Å². The summed E-state index contributed by atoms with van der Waals surface area (Å²) in [6.07, 6.45) is 8.60. The number of aromatic nitrogens is 1. The van der Waals surface area contributed by atoms with Crippen LogP contribution in [-0.2, 0) is 5.41 Å². The summed E-state index contributed by atoms with van der Waals surface area (Å²) in [5, 5.41) is 2.36. The van der Waals surface area contributed by atoms with Crippen LogP contribution in [0.2, 0.25) is 0 Å². The van der Waals surface area contributed by atoms with Crippen molar-refractivity contribution >= 4 is 10.8 Å². The number of hydrogen-bond donors (Lipinski definition) is 0. The summed E-state index contributed by atoms with van der Waals surface area (Å²) in [5.41, 5.74) is 17.0. The third-order valence-corrected chi connectivity index (χ3v) is 12.0. The molecule has 3 nitrogen and oxygen atoms in total. The molecule has 1 aromatic heterocycles. The molecular weight excluding hydrogens is 671 g/mol. The standard InChI is InChI=1S/C52H49NO2/c1-5-7-13-26-54-49-32-44-42-28-34(3)35(4)29-47(42)52(48(44)33-50(49)55-27-14-8-6-2)45-21-12-11-20-41(45)43-31-38(22-23-46(43)52)37-17-15-18-39(30-37)51-40-19-10-9-16-36(40)24-25-53-51/h9-12,15-25,28-33H,5-8,13-14,26-27H2,1-4H3. The van der Waals surface area contributed by atoms with E-state index in [2.05, 4.69) is 149 Å². The Labute approximate surface area is 326 Å². The summed E-state index contributed by atoms with van der Waals surface area (Å²) in [6.45, 7) is 10.3. The van der Waals surface area contributed by atoms with Crippen molar-refractivity contribution in [1.82, 2.24) is 4.98 Å². The van der Waals surface area contributed by atoms with Crippen LogP contribution in [0.3, 0.4) is 0 Å². The van der Waals surface area contributed by atoms with Crippen LogP contribution in [0.25, 0.3) is 55.4 Å². The van der Waals surface area contributed by atoms with Gasteiger partial charge in [-0.3, -0.25) is 4.98 Å². The summed E-state index contributed by atoms with van der Waals surface area (Å²) >= 11 is 0. The maximum atomic E-state index is 6.67. The zero-order valence-electron chi connectivity index (χ0n) is 32.5. The highest BCUT2D eigenvalue weighted by molar-refractivity contribution is 5.98. The Kier molecular flexibility index (Phi) is 9.26. The fourth-order valence-corrected chi connectivity index (χ4v) is 9.12. The molecule has 1 atom stereocenters. The van der Waals surface area contributed by atoms with Crippen LogP contribution in [-0.4, -0.2) is 18.2 Å². The second-order valence-corrected chi connectivity index (χ2v) is 15.5. The average Bonchev–Trinajstić information content (AvgIpc) is 3.66. The Morgan fingerprint density at radius 1 is 0.491 bits per heavy atom. The van der Waals surface area contributed by atoms with Crippen LogP contribution in [0.15, 0.2) is 128 Å². The van der Waals surface area contributed by atoms with Crippen molar-refractivity contribution in [2.45, 2.75) is 71.6 Å². The molecule has 1 spiro atoms. The lowest BCUT2D eigenvalue weighted by atomic mass is 9.70. The SMILES string of the molecule is CCCCCOc1cc2c(cc1OCCCCC)C1(c3ccccc3-c3cc(-c4cccc(-c5nccc6ccccc56)c4)ccc31)c1cc(C)c(C)cc1-2. The van der Waals surface area contributed by atoms with Gasteiger partial charge in [0.25, 0.3) is 0 Å². The van der Waals surface area contributed by atoms with E-state index in [1.54, 1.807) is 0 Å². The molecule has 0 saturated heterocycles. The van der Waals surface area contributed by atoms with Gasteiger partial charge in [-0.05, 0) is 129 Å². The molecule has 0 N–H and O–H groups in total.